The predicted octanol–water partition coefficient (Wildman–Crippen LogP) is 4.43. The second-order valence-electron chi connectivity index (χ2n) is 5.26. The Hall–Kier alpha value is -1.38. The van der Waals surface area contributed by atoms with Crippen LogP contribution < -0.4 is 4.72 Å². The van der Waals surface area contributed by atoms with Crippen LogP contribution in [0.2, 0.25) is 0 Å². The van der Waals surface area contributed by atoms with Crippen LogP contribution in [-0.4, -0.2) is 13.7 Å². The predicted molar refractivity (Wildman–Crippen MR) is 89.5 cm³/mol. The van der Waals surface area contributed by atoms with E-state index in [1.54, 1.807) is 12.1 Å². The first-order valence-electron chi connectivity index (χ1n) is 6.95. The maximum absolute atomic E-state index is 12.6. The first-order valence-corrected chi connectivity index (χ1v) is 9.56. The molecular formula is C16H15BrF3NO2S. The average molecular weight is 422 g/mol. The van der Waals surface area contributed by atoms with Gasteiger partial charge in [0.25, 0.3) is 0 Å². The van der Waals surface area contributed by atoms with Crippen LogP contribution in [0.5, 0.6) is 0 Å². The zero-order valence-corrected chi connectivity index (χ0v) is 15.0. The highest BCUT2D eigenvalue weighted by atomic mass is 79.9. The summed E-state index contributed by atoms with van der Waals surface area (Å²) in [5.41, 5.74) is 0.905. The molecule has 0 fully saturated rings. The van der Waals surface area contributed by atoms with E-state index in [9.17, 15) is 21.6 Å². The van der Waals surface area contributed by atoms with Crippen molar-refractivity contribution in [3.63, 3.8) is 0 Å². The lowest BCUT2D eigenvalue weighted by atomic mass is 10.1. The molecule has 0 aliphatic carbocycles. The summed E-state index contributed by atoms with van der Waals surface area (Å²) in [6.45, 7) is 1.92. The summed E-state index contributed by atoms with van der Waals surface area (Å²) in [4.78, 5) is -0.214. The molecule has 0 bridgehead atoms. The Morgan fingerprint density at radius 3 is 2.04 bits per heavy atom. The van der Waals surface area contributed by atoms with Gasteiger partial charge in [0.1, 0.15) is 0 Å². The second kappa shape index (κ2) is 7.25. The molecule has 1 unspecified atom stereocenters. The summed E-state index contributed by atoms with van der Waals surface area (Å²) >= 11 is 3.26. The largest absolute Gasteiger partial charge is 0.416 e. The smallest absolute Gasteiger partial charge is 0.207 e. The van der Waals surface area contributed by atoms with Gasteiger partial charge in [0.2, 0.25) is 10.0 Å². The van der Waals surface area contributed by atoms with Crippen molar-refractivity contribution >= 4 is 26.0 Å². The van der Waals surface area contributed by atoms with Gasteiger partial charge in [0.05, 0.1) is 16.5 Å². The average Bonchev–Trinajstić information content (AvgIpc) is 2.53. The highest BCUT2D eigenvalue weighted by molar-refractivity contribution is 9.09. The molecule has 0 aliphatic rings. The summed E-state index contributed by atoms with van der Waals surface area (Å²) in [6, 6.07) is 10.2. The highest BCUT2D eigenvalue weighted by Crippen LogP contribution is 2.30. The van der Waals surface area contributed by atoms with Crippen molar-refractivity contribution in [2.24, 2.45) is 0 Å². The zero-order valence-electron chi connectivity index (χ0n) is 12.6. The molecule has 0 aliphatic heterocycles. The van der Waals surface area contributed by atoms with E-state index in [0.29, 0.717) is 5.33 Å². The van der Waals surface area contributed by atoms with Crippen molar-refractivity contribution in [2.75, 3.05) is 5.33 Å². The third-order valence-electron chi connectivity index (χ3n) is 3.42. The van der Waals surface area contributed by atoms with Crippen molar-refractivity contribution in [3.8, 4) is 0 Å². The molecule has 0 amide bonds. The lowest BCUT2D eigenvalue weighted by Crippen LogP contribution is -2.29. The quantitative estimate of drug-likeness (QED) is 0.725. The van der Waals surface area contributed by atoms with Gasteiger partial charge in [-0.3, -0.25) is 0 Å². The number of benzene rings is 2. The number of hydrogen-bond acceptors (Lipinski definition) is 2. The van der Waals surface area contributed by atoms with Crippen LogP contribution in [0.15, 0.2) is 53.4 Å². The van der Waals surface area contributed by atoms with E-state index in [4.69, 9.17) is 0 Å². The number of halogens is 4. The Balaban J connectivity index is 2.24. The van der Waals surface area contributed by atoms with Crippen LogP contribution in [-0.2, 0) is 16.2 Å². The molecular weight excluding hydrogens is 407 g/mol. The normalized spacial score (nSPS) is 13.7. The molecule has 1 N–H and O–H groups in total. The van der Waals surface area contributed by atoms with Gasteiger partial charge in [-0.1, -0.05) is 45.8 Å². The topological polar surface area (TPSA) is 46.2 Å². The molecule has 0 saturated heterocycles. The molecule has 130 valence electrons. The minimum Gasteiger partial charge on any atom is -0.207 e. The lowest BCUT2D eigenvalue weighted by molar-refractivity contribution is -0.137. The molecule has 2 aromatic carbocycles. The fourth-order valence-corrected chi connectivity index (χ4v) is 4.04. The van der Waals surface area contributed by atoms with Gasteiger partial charge in [-0.25, -0.2) is 13.1 Å². The monoisotopic (exact) mass is 421 g/mol. The van der Waals surface area contributed by atoms with Gasteiger partial charge in [-0.05, 0) is 36.8 Å². The standard InChI is InChI=1S/C16H15BrF3NO2S/c1-11-2-4-12(5-3-11)15(10-17)21-24(22,23)14-8-6-13(7-9-14)16(18,19)20/h2-9,15,21H,10H2,1H3. The minimum absolute atomic E-state index is 0.214. The van der Waals surface area contributed by atoms with E-state index in [1.165, 1.54) is 0 Å². The fourth-order valence-electron chi connectivity index (χ4n) is 2.07. The first-order chi connectivity index (χ1) is 11.1. The number of alkyl halides is 4. The molecule has 0 radical (unpaired) electrons. The lowest BCUT2D eigenvalue weighted by Gasteiger charge is -2.17. The number of hydrogen-bond donors (Lipinski definition) is 1. The van der Waals surface area contributed by atoms with Crippen molar-refractivity contribution in [2.45, 2.75) is 24.0 Å². The van der Waals surface area contributed by atoms with Crippen molar-refractivity contribution in [1.29, 1.82) is 0 Å². The number of rotatable bonds is 5. The van der Waals surface area contributed by atoms with Crippen molar-refractivity contribution in [3.05, 3.63) is 65.2 Å². The van der Waals surface area contributed by atoms with Crippen molar-refractivity contribution in [1.82, 2.24) is 4.72 Å². The van der Waals surface area contributed by atoms with Gasteiger partial charge in [0, 0.05) is 5.33 Å². The molecule has 0 saturated carbocycles. The van der Waals surface area contributed by atoms with Gasteiger partial charge < -0.3 is 0 Å². The van der Waals surface area contributed by atoms with Crippen LogP contribution in [0, 0.1) is 6.92 Å². The number of sulfonamides is 1. The Kier molecular flexibility index (Phi) is 5.72. The molecule has 2 rings (SSSR count). The minimum atomic E-state index is -4.50. The van der Waals surface area contributed by atoms with E-state index in [-0.39, 0.29) is 4.90 Å². The molecule has 3 nitrogen and oxygen atoms in total. The van der Waals surface area contributed by atoms with Crippen LogP contribution in [0.1, 0.15) is 22.7 Å². The van der Waals surface area contributed by atoms with Crippen molar-refractivity contribution < 1.29 is 21.6 Å². The molecule has 0 heterocycles. The summed E-state index contributed by atoms with van der Waals surface area (Å²) in [5, 5.41) is 0.329. The second-order valence-corrected chi connectivity index (χ2v) is 7.62. The maximum atomic E-state index is 12.6. The Bertz CT molecular complexity index is 788. The van der Waals surface area contributed by atoms with Crippen LogP contribution in [0.25, 0.3) is 0 Å². The van der Waals surface area contributed by atoms with E-state index < -0.39 is 27.8 Å². The summed E-state index contributed by atoms with van der Waals surface area (Å²) in [6.07, 6.45) is -4.50. The van der Waals surface area contributed by atoms with Crippen LogP contribution in [0.4, 0.5) is 13.2 Å². The molecule has 8 heteroatoms. The van der Waals surface area contributed by atoms with Gasteiger partial charge in [0.15, 0.2) is 0 Å². The third-order valence-corrected chi connectivity index (χ3v) is 5.56. The molecule has 0 spiro atoms. The molecule has 2 aromatic rings. The summed E-state index contributed by atoms with van der Waals surface area (Å²) in [7, 11) is -3.94. The number of nitrogens with one attached hydrogen (secondary N) is 1. The summed E-state index contributed by atoms with van der Waals surface area (Å²) in [5.74, 6) is 0. The molecule has 0 aromatic heterocycles. The van der Waals surface area contributed by atoms with Gasteiger partial charge >= 0.3 is 6.18 Å². The number of aryl methyl sites for hydroxylation is 1. The van der Waals surface area contributed by atoms with E-state index in [1.807, 2.05) is 19.1 Å². The van der Waals surface area contributed by atoms with E-state index in [2.05, 4.69) is 20.7 Å². The van der Waals surface area contributed by atoms with Crippen LogP contribution >= 0.6 is 15.9 Å². The fraction of sp³-hybridized carbons (Fsp3) is 0.250. The Morgan fingerprint density at radius 1 is 1.04 bits per heavy atom. The van der Waals surface area contributed by atoms with Crippen LogP contribution in [0.3, 0.4) is 0 Å². The first kappa shape index (κ1) is 19.0. The van der Waals surface area contributed by atoms with E-state index in [0.717, 1.165) is 35.4 Å². The highest BCUT2D eigenvalue weighted by Gasteiger charge is 2.31. The zero-order chi connectivity index (χ0) is 18.0. The third kappa shape index (κ3) is 4.58. The Labute approximate surface area is 147 Å². The molecule has 1 atom stereocenters. The maximum Gasteiger partial charge on any atom is 0.416 e. The van der Waals surface area contributed by atoms with Gasteiger partial charge in [-0.2, -0.15) is 13.2 Å². The SMILES string of the molecule is Cc1ccc(C(CBr)NS(=O)(=O)c2ccc(C(F)(F)F)cc2)cc1. The summed E-state index contributed by atoms with van der Waals surface area (Å²) < 4.78 is 65.0. The Morgan fingerprint density at radius 2 is 1.58 bits per heavy atom. The van der Waals surface area contributed by atoms with Gasteiger partial charge in [-0.15, -0.1) is 0 Å². The van der Waals surface area contributed by atoms with E-state index >= 15 is 0 Å². The molecule has 24 heavy (non-hydrogen) atoms.